The number of hydrogen-bond acceptors (Lipinski definition) is 0. The minimum Gasteiger partial charge on any atom is -2.00 e. The van der Waals surface area contributed by atoms with Crippen molar-refractivity contribution >= 4 is 0 Å². The van der Waals surface area contributed by atoms with E-state index in [1.807, 2.05) is 0 Å². The fraction of sp³-hybridized carbons (Fsp3) is 1.00. The summed E-state index contributed by atoms with van der Waals surface area (Å²) in [6, 6.07) is 0. The molecule has 0 aromatic heterocycles. The molecule has 0 atom stereocenters. The quantitative estimate of drug-likeness (QED) is 0.117. The summed E-state index contributed by atoms with van der Waals surface area (Å²) >= 11 is 0. The summed E-state index contributed by atoms with van der Waals surface area (Å²) in [4.78, 5) is 0. The predicted molar refractivity (Wildman–Crippen MR) is 94.4 cm³/mol. The van der Waals surface area contributed by atoms with Crippen molar-refractivity contribution in [3.63, 3.8) is 0 Å². The summed E-state index contributed by atoms with van der Waals surface area (Å²) < 4.78 is 0. The largest absolute Gasteiger partial charge is 2.00 e. The monoisotopic (exact) mass is 1470 g/mol. The molecule has 12 N–H and O–H groups in total. The van der Waals surface area contributed by atoms with Crippen molar-refractivity contribution in [2.75, 3.05) is 52.4 Å². The van der Waals surface area contributed by atoms with Gasteiger partial charge < -0.3 is 175 Å². The van der Waals surface area contributed by atoms with Gasteiger partial charge in [-0.1, -0.05) is 0 Å². The Labute approximate surface area is 419 Å². The van der Waals surface area contributed by atoms with Gasteiger partial charge in [0, 0.05) is 169 Å². The van der Waals surface area contributed by atoms with Crippen LogP contribution in [0.15, 0.2) is 0 Å². The Morgan fingerprint density at radius 3 is 0.288 bits per heavy atom. The Kier molecular flexibility index (Phi) is 6120. The zero-order chi connectivity index (χ0) is 12.5. The molecule has 0 aliphatic heterocycles. The third kappa shape index (κ3) is 759. The Bertz CT molecular complexity index is 149. The Hall–Kier alpha value is 4.23. The van der Waals surface area contributed by atoms with Gasteiger partial charge in [0.25, 0.3) is 0 Å². The first-order valence-corrected chi connectivity index (χ1v) is 7.09. The van der Waals surface area contributed by atoms with Crippen molar-refractivity contribution in [1.82, 2.24) is 0 Å². The van der Waals surface area contributed by atoms with Crippen molar-refractivity contribution in [1.29, 1.82) is 0 Å². The predicted octanol–water partition coefficient (Wildman–Crippen LogP) is -8.45. The maximum absolute atomic E-state index is 2.33. The summed E-state index contributed by atoms with van der Waals surface area (Å²) in [5.74, 6) is 0. The van der Waals surface area contributed by atoms with Gasteiger partial charge in [-0.15, -0.1) is 0 Å². The molecule has 52 heavy (non-hydrogen) atoms. The minimum atomic E-state index is 0. The van der Waals surface area contributed by atoms with E-state index in [0.29, 0.717) is 0 Å². The van der Waals surface area contributed by atoms with Crippen LogP contribution in [-0.4, -0.2) is 63.3 Å². The summed E-state index contributed by atoms with van der Waals surface area (Å²) in [6.07, 6.45) is 0. The van der Waals surface area contributed by atoms with Crippen molar-refractivity contribution < 1.29 is 343 Å². The molecule has 0 amide bonds. The SMILES string of the molecule is CC[NH2+]CC[NH2+]CC.CC[NH2+]CC[NH2+]CC.O.O.[Mo].[Mo].[Mo].[Mo].[Mo].[Mo].[Mo].[Mo].[O-2].[O-2].[O-2].[O-2].[O-2].[O-2].[O-2].[O-2].[O-2].[O-2].[O-2].[O-2].[O-2].[O-2].[O-2].[O-2].[O-2].[O-2].[O-2].[O-2].[O-2].[O-2].[O-2].[O-2].[O-2].[O-2]. The fourth-order valence-corrected chi connectivity index (χ4v) is 1.29. The summed E-state index contributed by atoms with van der Waals surface area (Å²) in [6.45, 7) is 18.7. The van der Waals surface area contributed by atoms with Gasteiger partial charge in [0.2, 0.25) is 0 Å². The number of rotatable bonds is 10. The van der Waals surface area contributed by atoms with E-state index < -0.39 is 0 Å². The molecule has 0 spiro atoms. The molecule has 0 aromatic rings. The van der Waals surface area contributed by atoms with Crippen molar-refractivity contribution in [3.05, 3.63) is 0 Å². The number of hydrogen-bond donors (Lipinski definition) is 4. The average molecular weight is 1460 g/mol. The topological polar surface area (TPSA) is 870 Å². The van der Waals surface area contributed by atoms with E-state index in [1.54, 1.807) is 0 Å². The zero-order valence-corrected chi connectivity index (χ0v) is 42.9. The van der Waals surface area contributed by atoms with Crippen LogP contribution in [-0.2, 0) is 311 Å². The molecule has 40 heteroatoms. The zero-order valence-electron chi connectivity index (χ0n) is 26.8. The van der Waals surface area contributed by atoms with Gasteiger partial charge >= 0.3 is 0 Å². The maximum atomic E-state index is 2.33. The third-order valence-corrected chi connectivity index (χ3v) is 2.30. The first-order chi connectivity index (χ1) is 7.83. The smallest absolute Gasteiger partial charge is 0.125 e. The molecule has 372 valence electrons. The molecule has 0 bridgehead atoms. The molecule has 0 fully saturated rings. The van der Waals surface area contributed by atoms with E-state index in [1.165, 1.54) is 52.4 Å². The fourth-order valence-electron chi connectivity index (χ4n) is 1.29. The summed E-state index contributed by atoms with van der Waals surface area (Å²) in [5.41, 5.74) is 0. The molecule has 0 aliphatic rings. The van der Waals surface area contributed by atoms with Crippen LogP contribution in [0.5, 0.6) is 0 Å². The van der Waals surface area contributed by atoms with Crippen molar-refractivity contribution in [2.45, 2.75) is 27.7 Å². The van der Waals surface area contributed by atoms with Crippen LogP contribution in [0, 0.1) is 0 Å². The van der Waals surface area contributed by atoms with Crippen LogP contribution in [0.2, 0.25) is 0 Å². The second-order valence-electron chi connectivity index (χ2n) is 3.94. The van der Waals surface area contributed by atoms with Crippen LogP contribution in [0.4, 0.5) is 0 Å². The first-order valence-electron chi connectivity index (χ1n) is 7.09. The number of likely N-dealkylation sites (N-methyl/N-ethyl adjacent to an activating group) is 4. The van der Waals surface area contributed by atoms with E-state index in [4.69, 9.17) is 0 Å². The molecule has 0 heterocycles. The van der Waals surface area contributed by atoms with Gasteiger partial charge in [-0.3, -0.25) is 0 Å². The number of quaternary nitrogens is 4. The molecule has 0 aromatic carbocycles. The van der Waals surface area contributed by atoms with E-state index in [9.17, 15) is 0 Å². The van der Waals surface area contributed by atoms with Crippen LogP contribution in [0.3, 0.4) is 0 Å². The normalized spacial score (nSPS) is 3.00. The second kappa shape index (κ2) is 617. The molecule has 0 radical (unpaired) electrons. The van der Waals surface area contributed by atoms with E-state index in [0.717, 1.165) is 0 Å². The third-order valence-electron chi connectivity index (χ3n) is 2.30. The Balaban J connectivity index is -0.00000000124. The first kappa shape index (κ1) is 516. The van der Waals surface area contributed by atoms with Gasteiger partial charge in [0.15, 0.2) is 0 Å². The van der Waals surface area contributed by atoms with E-state index >= 15 is 0 Å². The molecular formula is C12H40Mo8N4O28-48. The van der Waals surface area contributed by atoms with Crippen LogP contribution >= 0.6 is 0 Å². The average Bonchev–Trinajstić information content (AvgIpc) is 2.31. The summed E-state index contributed by atoms with van der Waals surface area (Å²) in [5, 5.41) is 9.30. The molecule has 32 nitrogen and oxygen atoms in total. The van der Waals surface area contributed by atoms with Gasteiger partial charge in [-0.2, -0.15) is 0 Å². The summed E-state index contributed by atoms with van der Waals surface area (Å²) in [7, 11) is 0. The second-order valence-corrected chi connectivity index (χ2v) is 3.94. The van der Waals surface area contributed by atoms with Gasteiger partial charge in [-0.25, -0.2) is 0 Å². The molecular weight excluding hydrogens is 1420 g/mol. The molecule has 0 rings (SSSR count). The molecule has 0 unspecified atom stereocenters. The molecule has 0 aliphatic carbocycles. The number of nitrogens with two attached hydrogens (primary N) is 4. The minimum absolute atomic E-state index is 0. The van der Waals surface area contributed by atoms with Gasteiger partial charge in [0.1, 0.15) is 26.2 Å². The molecule has 0 saturated heterocycles. The Morgan fingerprint density at radius 2 is 0.250 bits per heavy atom. The van der Waals surface area contributed by atoms with Crippen molar-refractivity contribution in [2.24, 2.45) is 0 Å². The van der Waals surface area contributed by atoms with Crippen LogP contribution in [0.25, 0.3) is 0 Å². The van der Waals surface area contributed by atoms with Gasteiger partial charge in [0.05, 0.1) is 26.2 Å². The van der Waals surface area contributed by atoms with E-state index in [-0.39, 0.29) is 322 Å². The van der Waals surface area contributed by atoms with Crippen LogP contribution in [0.1, 0.15) is 27.7 Å². The van der Waals surface area contributed by atoms with E-state index in [2.05, 4.69) is 49.0 Å². The molecule has 0 saturated carbocycles. The van der Waals surface area contributed by atoms with Crippen LogP contribution < -0.4 is 21.3 Å². The van der Waals surface area contributed by atoms with Gasteiger partial charge in [-0.05, 0) is 27.7 Å². The maximum Gasteiger partial charge on any atom is 0.125 e. The standard InChI is InChI=1S/2C6H16N2.8Mo.2H2O.26O/c2*1-3-7-5-6-8-4-2;;;;;;;;;;;;;;;;;;;;;;;;;;;;;;;;;;;;/h2*7-8H,3-6H2,1-2H3;;;;;;;;;2*1H2;;;;;;;;;;;;;;;;;;;;;;;;;;/q;;;;;;;;;;;;26*-2/p+4. The van der Waals surface area contributed by atoms with Crippen molar-refractivity contribution in [3.8, 4) is 0 Å². The Morgan fingerprint density at radius 1 is 0.192 bits per heavy atom.